The van der Waals surface area contributed by atoms with E-state index in [1.54, 1.807) is 0 Å². The van der Waals surface area contributed by atoms with Gasteiger partial charge in [0.1, 0.15) is 11.6 Å². The molecule has 29 heavy (non-hydrogen) atoms. The third-order valence-electron chi connectivity index (χ3n) is 3.97. The number of aromatic nitrogens is 2. The van der Waals surface area contributed by atoms with E-state index in [1.807, 2.05) is 31.2 Å². The number of hydrogen-bond acceptors (Lipinski definition) is 6. The van der Waals surface area contributed by atoms with Gasteiger partial charge >= 0.3 is 0 Å². The monoisotopic (exact) mass is 398 g/mol. The van der Waals surface area contributed by atoms with E-state index in [1.165, 1.54) is 12.1 Å². The fourth-order valence-corrected chi connectivity index (χ4v) is 2.58. The van der Waals surface area contributed by atoms with Crippen molar-refractivity contribution in [3.8, 4) is 17.1 Å². The molecule has 3 aromatic rings. The Morgan fingerprint density at radius 3 is 2.66 bits per heavy atom. The van der Waals surface area contributed by atoms with Crippen LogP contribution < -0.4 is 15.8 Å². The summed E-state index contributed by atoms with van der Waals surface area (Å²) < 4.78 is 24.1. The lowest BCUT2D eigenvalue weighted by molar-refractivity contribution is -0.116. The lowest BCUT2D eigenvalue weighted by Gasteiger charge is -2.06. The van der Waals surface area contributed by atoms with E-state index < -0.39 is 11.7 Å². The number of rotatable bonds is 8. The van der Waals surface area contributed by atoms with E-state index in [0.717, 1.165) is 17.4 Å². The van der Waals surface area contributed by atoms with Gasteiger partial charge in [0.05, 0.1) is 12.2 Å². The van der Waals surface area contributed by atoms with Crippen molar-refractivity contribution in [2.75, 3.05) is 11.9 Å². The summed E-state index contributed by atoms with van der Waals surface area (Å²) in [7, 11) is 0. The van der Waals surface area contributed by atoms with Gasteiger partial charge in [-0.2, -0.15) is 4.98 Å². The number of halogens is 1. The van der Waals surface area contributed by atoms with Crippen LogP contribution in [0, 0.1) is 5.82 Å². The van der Waals surface area contributed by atoms with Crippen LogP contribution in [0.5, 0.6) is 5.75 Å². The van der Waals surface area contributed by atoms with Crippen molar-refractivity contribution in [3.05, 3.63) is 59.7 Å². The van der Waals surface area contributed by atoms with E-state index in [4.69, 9.17) is 15.0 Å². The number of primary amides is 1. The summed E-state index contributed by atoms with van der Waals surface area (Å²) >= 11 is 0. The first-order valence-corrected chi connectivity index (χ1v) is 8.91. The highest BCUT2D eigenvalue weighted by molar-refractivity contribution is 5.96. The van der Waals surface area contributed by atoms with Gasteiger partial charge in [0.2, 0.25) is 17.6 Å². The lowest BCUT2D eigenvalue weighted by Crippen LogP contribution is -2.16. The zero-order valence-electron chi connectivity index (χ0n) is 15.6. The van der Waals surface area contributed by atoms with Gasteiger partial charge in [-0.15, -0.1) is 0 Å². The lowest BCUT2D eigenvalue weighted by atomic mass is 10.1. The Morgan fingerprint density at radius 1 is 1.21 bits per heavy atom. The average Bonchev–Trinajstić information content (AvgIpc) is 3.17. The number of carbonyl (C=O) groups excluding carboxylic acids is 2. The SMILES string of the molecule is CCOc1ccc(-c2noc(CCC(=O)Nc3ccc(F)c(C(N)=O)c3)n2)cc1. The first-order valence-electron chi connectivity index (χ1n) is 8.91. The molecule has 3 N–H and O–H groups in total. The van der Waals surface area contributed by atoms with Crippen LogP contribution >= 0.6 is 0 Å². The number of nitrogens with one attached hydrogen (secondary N) is 1. The molecule has 0 bridgehead atoms. The molecular weight excluding hydrogens is 379 g/mol. The molecule has 8 nitrogen and oxygen atoms in total. The van der Waals surface area contributed by atoms with Crippen molar-refractivity contribution < 1.29 is 23.2 Å². The minimum atomic E-state index is -0.911. The fourth-order valence-electron chi connectivity index (χ4n) is 2.58. The van der Waals surface area contributed by atoms with Gasteiger partial charge in [0, 0.05) is 24.1 Å². The van der Waals surface area contributed by atoms with Crippen LogP contribution in [-0.4, -0.2) is 28.6 Å². The number of hydrogen-bond donors (Lipinski definition) is 2. The summed E-state index contributed by atoms with van der Waals surface area (Å²) in [5, 5.41) is 6.49. The molecule has 3 rings (SSSR count). The molecule has 0 radical (unpaired) electrons. The van der Waals surface area contributed by atoms with Crippen LogP contribution in [0.4, 0.5) is 10.1 Å². The fraction of sp³-hybridized carbons (Fsp3) is 0.200. The Hall–Kier alpha value is -3.75. The van der Waals surface area contributed by atoms with Crippen LogP contribution in [0.25, 0.3) is 11.4 Å². The summed E-state index contributed by atoms with van der Waals surface area (Å²) in [6.07, 6.45) is 0.286. The smallest absolute Gasteiger partial charge is 0.251 e. The van der Waals surface area contributed by atoms with Crippen molar-refractivity contribution >= 4 is 17.5 Å². The van der Waals surface area contributed by atoms with Crippen LogP contribution in [0.15, 0.2) is 47.0 Å². The zero-order valence-corrected chi connectivity index (χ0v) is 15.6. The van der Waals surface area contributed by atoms with Crippen molar-refractivity contribution in [2.24, 2.45) is 5.73 Å². The Bertz CT molecular complexity index is 1020. The van der Waals surface area contributed by atoms with Crippen molar-refractivity contribution in [1.29, 1.82) is 0 Å². The molecule has 0 saturated carbocycles. The topological polar surface area (TPSA) is 120 Å². The Balaban J connectivity index is 1.57. The van der Waals surface area contributed by atoms with Crippen LogP contribution in [0.3, 0.4) is 0 Å². The normalized spacial score (nSPS) is 10.6. The Labute approximate surface area is 165 Å². The summed E-state index contributed by atoms with van der Waals surface area (Å²) in [5.74, 6) is -0.548. The zero-order chi connectivity index (χ0) is 20.8. The van der Waals surface area contributed by atoms with Crippen molar-refractivity contribution in [2.45, 2.75) is 19.8 Å². The van der Waals surface area contributed by atoms with Gasteiger partial charge in [-0.05, 0) is 49.4 Å². The first-order chi connectivity index (χ1) is 14.0. The molecule has 1 aromatic heterocycles. The third-order valence-corrected chi connectivity index (χ3v) is 3.97. The second kappa shape index (κ2) is 8.96. The molecular formula is C20H19FN4O4. The van der Waals surface area contributed by atoms with E-state index >= 15 is 0 Å². The Morgan fingerprint density at radius 2 is 1.97 bits per heavy atom. The van der Waals surface area contributed by atoms with E-state index in [0.29, 0.717) is 18.3 Å². The maximum absolute atomic E-state index is 13.5. The van der Waals surface area contributed by atoms with Gasteiger partial charge in [-0.3, -0.25) is 9.59 Å². The molecule has 0 saturated heterocycles. The second-order valence-corrected chi connectivity index (χ2v) is 6.08. The van der Waals surface area contributed by atoms with Gasteiger partial charge < -0.3 is 20.3 Å². The van der Waals surface area contributed by atoms with E-state index in [2.05, 4.69) is 15.5 Å². The first kappa shape index (κ1) is 20.0. The highest BCUT2D eigenvalue weighted by Gasteiger charge is 2.13. The van der Waals surface area contributed by atoms with E-state index in [-0.39, 0.29) is 30.0 Å². The van der Waals surface area contributed by atoms with Crippen molar-refractivity contribution in [1.82, 2.24) is 10.1 Å². The molecule has 2 aromatic carbocycles. The molecule has 0 atom stereocenters. The number of aryl methyl sites for hydroxylation is 1. The standard InChI is InChI=1S/C20H19FN4O4/c1-2-28-14-6-3-12(4-7-14)20-24-18(29-25-20)10-9-17(26)23-13-5-8-16(21)15(11-13)19(22)27/h3-8,11H,2,9-10H2,1H3,(H2,22,27)(H,23,26). The summed E-state index contributed by atoms with van der Waals surface area (Å²) in [6.45, 7) is 2.48. The molecule has 0 aliphatic rings. The summed E-state index contributed by atoms with van der Waals surface area (Å²) in [6, 6.07) is 10.9. The molecule has 0 unspecified atom stereocenters. The van der Waals surface area contributed by atoms with Gasteiger partial charge in [-0.25, -0.2) is 4.39 Å². The predicted molar refractivity (Wildman–Crippen MR) is 103 cm³/mol. The second-order valence-electron chi connectivity index (χ2n) is 6.08. The maximum Gasteiger partial charge on any atom is 0.251 e. The minimum absolute atomic E-state index is 0.0637. The van der Waals surface area contributed by atoms with Gasteiger partial charge in [0.25, 0.3) is 5.91 Å². The molecule has 0 aliphatic heterocycles. The molecule has 1 heterocycles. The molecule has 2 amide bonds. The number of amides is 2. The quantitative estimate of drug-likeness (QED) is 0.602. The van der Waals surface area contributed by atoms with Crippen LogP contribution in [-0.2, 0) is 11.2 Å². The largest absolute Gasteiger partial charge is 0.494 e. The van der Waals surface area contributed by atoms with Crippen molar-refractivity contribution in [3.63, 3.8) is 0 Å². The number of benzene rings is 2. The van der Waals surface area contributed by atoms with E-state index in [9.17, 15) is 14.0 Å². The minimum Gasteiger partial charge on any atom is -0.494 e. The highest BCUT2D eigenvalue weighted by Crippen LogP contribution is 2.20. The molecule has 0 spiro atoms. The number of anilines is 1. The molecule has 150 valence electrons. The predicted octanol–water partition coefficient (Wildman–Crippen LogP) is 2.94. The number of ether oxygens (including phenoxy) is 1. The average molecular weight is 398 g/mol. The number of nitrogens with zero attached hydrogens (tertiary/aromatic N) is 2. The van der Waals surface area contributed by atoms with Crippen LogP contribution in [0.2, 0.25) is 0 Å². The number of carbonyl (C=O) groups is 2. The highest BCUT2D eigenvalue weighted by atomic mass is 19.1. The number of nitrogens with two attached hydrogens (primary N) is 1. The van der Waals surface area contributed by atoms with Crippen LogP contribution in [0.1, 0.15) is 29.6 Å². The third kappa shape index (κ3) is 5.16. The summed E-state index contributed by atoms with van der Waals surface area (Å²) in [4.78, 5) is 27.6. The molecule has 0 aliphatic carbocycles. The maximum atomic E-state index is 13.5. The van der Waals surface area contributed by atoms with Gasteiger partial charge in [-0.1, -0.05) is 5.16 Å². The summed E-state index contributed by atoms with van der Waals surface area (Å²) in [5.41, 5.74) is 5.84. The van der Waals surface area contributed by atoms with Gasteiger partial charge in [0.15, 0.2) is 0 Å². The molecule has 9 heteroatoms. The molecule has 0 fully saturated rings. The Kier molecular flexibility index (Phi) is 6.18.